The first kappa shape index (κ1) is 14.4. The van der Waals surface area contributed by atoms with Crippen molar-refractivity contribution in [1.82, 2.24) is 0 Å². The molecule has 0 radical (unpaired) electrons. The highest BCUT2D eigenvalue weighted by atomic mass is 79.9. The minimum atomic E-state index is -1.38. The molecule has 0 heterocycles. The molecule has 1 atom stereocenters. The average Bonchev–Trinajstić information content (AvgIpc) is 2.39. The lowest BCUT2D eigenvalue weighted by molar-refractivity contribution is 0.102. The quantitative estimate of drug-likeness (QED) is 0.772. The molecule has 2 aromatic carbocycles. The second-order valence-electron chi connectivity index (χ2n) is 3.88. The minimum absolute atomic E-state index is 0.0397. The Labute approximate surface area is 127 Å². The van der Waals surface area contributed by atoms with Gasteiger partial charge < -0.3 is 0 Å². The van der Waals surface area contributed by atoms with Gasteiger partial charge in [0.15, 0.2) is 5.78 Å². The van der Waals surface area contributed by atoms with Gasteiger partial charge in [0.1, 0.15) is 0 Å². The van der Waals surface area contributed by atoms with Crippen molar-refractivity contribution in [2.24, 2.45) is 0 Å². The van der Waals surface area contributed by atoms with E-state index in [4.69, 9.17) is 11.6 Å². The largest absolute Gasteiger partial charge is 0.293 e. The first-order valence-corrected chi connectivity index (χ1v) is 7.98. The molecule has 0 aliphatic rings. The zero-order valence-corrected chi connectivity index (χ0v) is 13.0. The number of hydrogen-bond acceptors (Lipinski definition) is 2. The van der Waals surface area contributed by atoms with Crippen LogP contribution in [-0.4, -0.2) is 15.7 Å². The number of benzene rings is 2. The summed E-state index contributed by atoms with van der Waals surface area (Å²) in [6.45, 7) is 0. The van der Waals surface area contributed by atoms with Gasteiger partial charge in [0.05, 0.1) is 16.6 Å². The van der Waals surface area contributed by atoms with Crippen LogP contribution in [0.25, 0.3) is 0 Å². The highest BCUT2D eigenvalue weighted by Crippen LogP contribution is 2.16. The second-order valence-corrected chi connectivity index (χ2v) is 6.68. The summed E-state index contributed by atoms with van der Waals surface area (Å²) < 4.78 is 13.0. The molecule has 0 aliphatic heterocycles. The molecule has 1 unspecified atom stereocenters. The Kier molecular flexibility index (Phi) is 4.91. The molecular formula is C14H10BrClO2S. The maximum absolute atomic E-state index is 12.1. The molecule has 19 heavy (non-hydrogen) atoms. The maximum Gasteiger partial charge on any atom is 0.175 e. The highest BCUT2D eigenvalue weighted by molar-refractivity contribution is 9.10. The molecule has 0 aliphatic carbocycles. The topological polar surface area (TPSA) is 34.1 Å². The second kappa shape index (κ2) is 6.46. The first-order valence-electron chi connectivity index (χ1n) is 5.49. The fourth-order valence-electron chi connectivity index (χ4n) is 1.53. The standard InChI is InChI=1S/C14H10BrClO2S/c15-11-6-4-10(5-7-11)14(17)9-19(18)13-3-1-2-12(16)8-13/h1-8H,9H2. The van der Waals surface area contributed by atoms with Gasteiger partial charge in [-0.15, -0.1) is 0 Å². The van der Waals surface area contributed by atoms with E-state index in [0.29, 0.717) is 15.5 Å². The Hall–Kier alpha value is -0.970. The van der Waals surface area contributed by atoms with Gasteiger partial charge in [0.2, 0.25) is 0 Å². The summed E-state index contributed by atoms with van der Waals surface area (Å²) in [5.74, 6) is -0.187. The monoisotopic (exact) mass is 356 g/mol. The van der Waals surface area contributed by atoms with Crippen molar-refractivity contribution >= 4 is 44.1 Å². The van der Waals surface area contributed by atoms with Crippen molar-refractivity contribution in [3.63, 3.8) is 0 Å². The summed E-state index contributed by atoms with van der Waals surface area (Å²) in [5, 5.41) is 0.516. The van der Waals surface area contributed by atoms with Crippen molar-refractivity contribution in [3.05, 3.63) is 63.6 Å². The summed E-state index contributed by atoms with van der Waals surface area (Å²) in [4.78, 5) is 12.6. The van der Waals surface area contributed by atoms with Crippen LogP contribution in [-0.2, 0) is 10.8 Å². The molecule has 0 fully saturated rings. The number of carbonyl (C=O) groups excluding carboxylic acids is 1. The normalized spacial score (nSPS) is 12.1. The summed E-state index contributed by atoms with van der Waals surface area (Å²) in [6.07, 6.45) is 0. The van der Waals surface area contributed by atoms with E-state index in [9.17, 15) is 9.00 Å². The van der Waals surface area contributed by atoms with Gasteiger partial charge >= 0.3 is 0 Å². The van der Waals surface area contributed by atoms with E-state index in [0.717, 1.165) is 4.47 Å². The summed E-state index contributed by atoms with van der Waals surface area (Å²) in [6, 6.07) is 13.7. The molecule has 0 bridgehead atoms. The molecule has 0 spiro atoms. The van der Waals surface area contributed by atoms with E-state index in [1.54, 1.807) is 48.5 Å². The zero-order valence-electron chi connectivity index (χ0n) is 9.81. The number of rotatable bonds is 4. The van der Waals surface area contributed by atoms with Crippen molar-refractivity contribution in [2.45, 2.75) is 4.90 Å². The van der Waals surface area contributed by atoms with Crippen LogP contribution in [0, 0.1) is 0 Å². The molecule has 98 valence electrons. The number of Topliss-reactive ketones (excluding diaryl/α,β-unsaturated/α-hetero) is 1. The molecule has 2 aromatic rings. The zero-order chi connectivity index (χ0) is 13.8. The van der Waals surface area contributed by atoms with E-state index >= 15 is 0 Å². The lowest BCUT2D eigenvalue weighted by Crippen LogP contribution is -2.11. The van der Waals surface area contributed by atoms with Crippen LogP contribution in [0.15, 0.2) is 57.9 Å². The predicted molar refractivity (Wildman–Crippen MR) is 81.2 cm³/mol. The van der Waals surface area contributed by atoms with Gasteiger partial charge in [0.25, 0.3) is 0 Å². The molecule has 0 amide bonds. The lowest BCUT2D eigenvalue weighted by Gasteiger charge is -2.03. The molecule has 0 saturated carbocycles. The van der Waals surface area contributed by atoms with Crippen LogP contribution >= 0.6 is 27.5 Å². The Morgan fingerprint density at radius 2 is 1.84 bits per heavy atom. The van der Waals surface area contributed by atoms with Crippen LogP contribution < -0.4 is 0 Å². The van der Waals surface area contributed by atoms with Crippen molar-refractivity contribution in [3.8, 4) is 0 Å². The average molecular weight is 358 g/mol. The fraction of sp³-hybridized carbons (Fsp3) is 0.0714. The molecule has 5 heteroatoms. The Morgan fingerprint density at radius 3 is 2.47 bits per heavy atom. The molecule has 0 saturated heterocycles. The third-order valence-corrected chi connectivity index (χ3v) is 4.56. The molecule has 0 N–H and O–H groups in total. The van der Waals surface area contributed by atoms with Crippen LogP contribution in [0.4, 0.5) is 0 Å². The van der Waals surface area contributed by atoms with Gasteiger partial charge in [-0.3, -0.25) is 9.00 Å². The summed E-state index contributed by atoms with van der Waals surface area (Å²) in [5.41, 5.74) is 0.554. The van der Waals surface area contributed by atoms with E-state index in [-0.39, 0.29) is 11.5 Å². The van der Waals surface area contributed by atoms with Crippen molar-refractivity contribution in [1.29, 1.82) is 0 Å². The third kappa shape index (κ3) is 4.00. The Balaban J connectivity index is 2.11. The van der Waals surface area contributed by atoms with Gasteiger partial charge in [-0.2, -0.15) is 0 Å². The summed E-state index contributed by atoms with van der Waals surface area (Å²) in [7, 11) is -1.38. The number of hydrogen-bond donors (Lipinski definition) is 0. The highest BCUT2D eigenvalue weighted by Gasteiger charge is 2.12. The summed E-state index contributed by atoms with van der Waals surface area (Å²) >= 11 is 9.14. The third-order valence-electron chi connectivity index (χ3n) is 2.49. The van der Waals surface area contributed by atoms with Gasteiger partial charge in [-0.05, 0) is 30.3 Å². The van der Waals surface area contributed by atoms with Gasteiger partial charge in [-0.25, -0.2) is 0 Å². The smallest absolute Gasteiger partial charge is 0.175 e. The number of ketones is 1. The number of halogens is 2. The van der Waals surface area contributed by atoms with Crippen LogP contribution in [0.2, 0.25) is 5.02 Å². The first-order chi connectivity index (χ1) is 9.06. The molecule has 2 rings (SSSR count). The van der Waals surface area contributed by atoms with E-state index in [1.807, 2.05) is 0 Å². The van der Waals surface area contributed by atoms with Crippen molar-refractivity contribution in [2.75, 3.05) is 5.75 Å². The Morgan fingerprint density at radius 1 is 1.16 bits per heavy atom. The van der Waals surface area contributed by atoms with E-state index in [2.05, 4.69) is 15.9 Å². The lowest BCUT2D eigenvalue weighted by atomic mass is 10.2. The van der Waals surface area contributed by atoms with Crippen LogP contribution in [0.5, 0.6) is 0 Å². The van der Waals surface area contributed by atoms with Crippen LogP contribution in [0.1, 0.15) is 10.4 Å². The predicted octanol–water partition coefficient (Wildman–Crippen LogP) is 4.09. The van der Waals surface area contributed by atoms with Crippen LogP contribution in [0.3, 0.4) is 0 Å². The SMILES string of the molecule is O=C(CS(=O)c1cccc(Cl)c1)c1ccc(Br)cc1. The van der Waals surface area contributed by atoms with E-state index < -0.39 is 10.8 Å². The van der Waals surface area contributed by atoms with Gasteiger partial charge in [0, 0.05) is 20.0 Å². The minimum Gasteiger partial charge on any atom is -0.293 e. The maximum atomic E-state index is 12.1. The molecule has 0 aromatic heterocycles. The fourth-order valence-corrected chi connectivity index (χ4v) is 3.11. The Bertz CT molecular complexity index is 626. The van der Waals surface area contributed by atoms with Crippen molar-refractivity contribution < 1.29 is 9.00 Å². The molecular weight excluding hydrogens is 348 g/mol. The van der Waals surface area contributed by atoms with E-state index in [1.165, 1.54) is 0 Å². The van der Waals surface area contributed by atoms with Gasteiger partial charge in [-0.1, -0.05) is 45.7 Å². The molecule has 2 nitrogen and oxygen atoms in total. The number of carbonyl (C=O) groups is 1.